The zero-order valence-electron chi connectivity index (χ0n) is 11.1. The maximum absolute atomic E-state index is 11.3. The van der Waals surface area contributed by atoms with E-state index in [1.165, 1.54) is 13.8 Å². The second-order valence-corrected chi connectivity index (χ2v) is 3.78. The standard InChI is InChI=1S/C12H24O5/c1-5-15-8-7-11(16-6-2)17-12(9(3)13)10(4)14/h9,11-13H,5-8H2,1-4H3. The van der Waals surface area contributed by atoms with E-state index in [1.807, 2.05) is 13.8 Å². The van der Waals surface area contributed by atoms with Crippen LogP contribution in [0.5, 0.6) is 0 Å². The van der Waals surface area contributed by atoms with E-state index >= 15 is 0 Å². The van der Waals surface area contributed by atoms with Gasteiger partial charge in [0.15, 0.2) is 12.1 Å². The molecule has 0 aromatic rings. The fraction of sp³-hybridized carbons (Fsp3) is 0.917. The van der Waals surface area contributed by atoms with Crippen LogP contribution >= 0.6 is 0 Å². The maximum Gasteiger partial charge on any atom is 0.161 e. The molecule has 3 atom stereocenters. The lowest BCUT2D eigenvalue weighted by molar-refractivity contribution is -0.196. The van der Waals surface area contributed by atoms with Crippen molar-refractivity contribution in [3.8, 4) is 0 Å². The molecule has 102 valence electrons. The minimum absolute atomic E-state index is 0.207. The van der Waals surface area contributed by atoms with E-state index in [2.05, 4.69) is 0 Å². The molecule has 0 aliphatic carbocycles. The van der Waals surface area contributed by atoms with Crippen molar-refractivity contribution in [2.75, 3.05) is 19.8 Å². The zero-order valence-corrected chi connectivity index (χ0v) is 11.1. The third kappa shape index (κ3) is 7.44. The number of aliphatic hydroxyl groups excluding tert-OH is 1. The van der Waals surface area contributed by atoms with Crippen molar-refractivity contribution in [2.45, 2.75) is 52.6 Å². The van der Waals surface area contributed by atoms with Gasteiger partial charge in [-0.1, -0.05) is 0 Å². The Bertz CT molecular complexity index is 205. The Hall–Kier alpha value is -0.490. The summed E-state index contributed by atoms with van der Waals surface area (Å²) in [7, 11) is 0. The molecule has 0 aromatic carbocycles. The van der Waals surface area contributed by atoms with Crippen molar-refractivity contribution in [1.29, 1.82) is 0 Å². The number of rotatable bonds is 10. The fourth-order valence-electron chi connectivity index (χ4n) is 1.41. The molecular formula is C12H24O5. The Morgan fingerprint density at radius 1 is 1.29 bits per heavy atom. The van der Waals surface area contributed by atoms with Crippen LogP contribution in [-0.2, 0) is 19.0 Å². The third-order valence-electron chi connectivity index (χ3n) is 2.19. The van der Waals surface area contributed by atoms with Crippen LogP contribution in [0.25, 0.3) is 0 Å². The molecule has 17 heavy (non-hydrogen) atoms. The first-order valence-electron chi connectivity index (χ1n) is 6.06. The lowest BCUT2D eigenvalue weighted by atomic mass is 10.1. The van der Waals surface area contributed by atoms with Crippen LogP contribution in [-0.4, -0.2) is 49.2 Å². The number of carbonyl (C=O) groups is 1. The SMILES string of the molecule is CCOCCC(OCC)OC(C(C)=O)C(C)O. The van der Waals surface area contributed by atoms with Crippen LogP contribution in [0.1, 0.15) is 34.1 Å². The van der Waals surface area contributed by atoms with Crippen molar-refractivity contribution in [1.82, 2.24) is 0 Å². The summed E-state index contributed by atoms with van der Waals surface area (Å²) >= 11 is 0. The summed E-state index contributed by atoms with van der Waals surface area (Å²) in [6.45, 7) is 8.30. The van der Waals surface area contributed by atoms with E-state index < -0.39 is 18.5 Å². The molecule has 0 fully saturated rings. The van der Waals surface area contributed by atoms with Crippen molar-refractivity contribution in [2.24, 2.45) is 0 Å². The van der Waals surface area contributed by atoms with Crippen LogP contribution in [0, 0.1) is 0 Å². The number of ketones is 1. The van der Waals surface area contributed by atoms with Gasteiger partial charge in [0.05, 0.1) is 12.7 Å². The van der Waals surface area contributed by atoms with E-state index in [0.717, 1.165) is 0 Å². The van der Waals surface area contributed by atoms with Crippen LogP contribution in [0.15, 0.2) is 0 Å². The monoisotopic (exact) mass is 248 g/mol. The number of Topliss-reactive ketones (excluding diaryl/α,β-unsaturated/α-hetero) is 1. The molecule has 0 aliphatic rings. The van der Waals surface area contributed by atoms with Crippen molar-refractivity contribution in [3.63, 3.8) is 0 Å². The summed E-state index contributed by atoms with van der Waals surface area (Å²) in [5.41, 5.74) is 0. The molecular weight excluding hydrogens is 224 g/mol. The average Bonchev–Trinajstić information content (AvgIpc) is 2.24. The van der Waals surface area contributed by atoms with E-state index in [1.54, 1.807) is 0 Å². The topological polar surface area (TPSA) is 65.0 Å². The second kappa shape index (κ2) is 9.53. The molecule has 0 aliphatic heterocycles. The van der Waals surface area contributed by atoms with Gasteiger partial charge in [-0.05, 0) is 27.7 Å². The van der Waals surface area contributed by atoms with Gasteiger partial charge >= 0.3 is 0 Å². The second-order valence-electron chi connectivity index (χ2n) is 3.78. The molecule has 3 unspecified atom stereocenters. The van der Waals surface area contributed by atoms with Gasteiger partial charge in [0.25, 0.3) is 0 Å². The van der Waals surface area contributed by atoms with Gasteiger partial charge in [0.1, 0.15) is 6.10 Å². The van der Waals surface area contributed by atoms with E-state index in [4.69, 9.17) is 14.2 Å². The number of hydrogen-bond acceptors (Lipinski definition) is 5. The predicted molar refractivity (Wildman–Crippen MR) is 63.8 cm³/mol. The largest absolute Gasteiger partial charge is 0.390 e. The predicted octanol–water partition coefficient (Wildman–Crippen LogP) is 1.13. The van der Waals surface area contributed by atoms with Crippen molar-refractivity contribution >= 4 is 5.78 Å². The van der Waals surface area contributed by atoms with Crippen molar-refractivity contribution < 1.29 is 24.1 Å². The quantitative estimate of drug-likeness (QED) is 0.464. The van der Waals surface area contributed by atoms with Gasteiger partial charge in [0.2, 0.25) is 0 Å². The van der Waals surface area contributed by atoms with Crippen LogP contribution < -0.4 is 0 Å². The maximum atomic E-state index is 11.3. The molecule has 0 heterocycles. The number of hydrogen-bond donors (Lipinski definition) is 1. The minimum atomic E-state index is -0.845. The molecule has 0 saturated heterocycles. The first-order chi connectivity index (χ1) is 8.02. The smallest absolute Gasteiger partial charge is 0.161 e. The lowest BCUT2D eigenvalue weighted by Gasteiger charge is -2.24. The Kier molecular flexibility index (Phi) is 9.26. The highest BCUT2D eigenvalue weighted by Gasteiger charge is 2.25. The first-order valence-corrected chi connectivity index (χ1v) is 6.06. The van der Waals surface area contributed by atoms with Crippen LogP contribution in [0.4, 0.5) is 0 Å². The molecule has 0 amide bonds. The van der Waals surface area contributed by atoms with E-state index in [-0.39, 0.29) is 5.78 Å². The Balaban J connectivity index is 4.23. The Labute approximate surface area is 103 Å². The van der Waals surface area contributed by atoms with Gasteiger partial charge in [-0.15, -0.1) is 0 Å². The molecule has 0 radical (unpaired) electrons. The zero-order chi connectivity index (χ0) is 13.3. The summed E-state index contributed by atoms with van der Waals surface area (Å²) in [6.07, 6.45) is -1.66. The number of ether oxygens (including phenoxy) is 3. The molecule has 0 bridgehead atoms. The molecule has 1 N–H and O–H groups in total. The average molecular weight is 248 g/mol. The van der Waals surface area contributed by atoms with Crippen LogP contribution in [0.3, 0.4) is 0 Å². The summed E-state index contributed by atoms with van der Waals surface area (Å²) in [5, 5.41) is 9.44. The summed E-state index contributed by atoms with van der Waals surface area (Å²) in [6, 6.07) is 0. The van der Waals surface area contributed by atoms with E-state index in [0.29, 0.717) is 26.2 Å². The molecule has 5 heteroatoms. The highest BCUT2D eigenvalue weighted by Crippen LogP contribution is 2.10. The first kappa shape index (κ1) is 16.5. The molecule has 0 aromatic heterocycles. The number of carbonyl (C=O) groups excluding carboxylic acids is 1. The Morgan fingerprint density at radius 2 is 1.94 bits per heavy atom. The minimum Gasteiger partial charge on any atom is -0.390 e. The third-order valence-corrected chi connectivity index (χ3v) is 2.19. The van der Waals surface area contributed by atoms with Gasteiger partial charge in [-0.3, -0.25) is 4.79 Å². The fourth-order valence-corrected chi connectivity index (χ4v) is 1.41. The van der Waals surface area contributed by atoms with Gasteiger partial charge in [-0.2, -0.15) is 0 Å². The van der Waals surface area contributed by atoms with Crippen molar-refractivity contribution in [3.05, 3.63) is 0 Å². The molecule has 5 nitrogen and oxygen atoms in total. The van der Waals surface area contributed by atoms with Gasteiger partial charge in [-0.25, -0.2) is 0 Å². The van der Waals surface area contributed by atoms with Gasteiger partial charge in [0, 0.05) is 19.6 Å². The summed E-state index contributed by atoms with van der Waals surface area (Å²) in [4.78, 5) is 11.3. The van der Waals surface area contributed by atoms with Gasteiger partial charge < -0.3 is 19.3 Å². The van der Waals surface area contributed by atoms with E-state index in [9.17, 15) is 9.90 Å². The molecule has 0 spiro atoms. The normalized spacial score (nSPS) is 16.5. The Morgan fingerprint density at radius 3 is 2.35 bits per heavy atom. The highest BCUT2D eigenvalue weighted by molar-refractivity contribution is 5.81. The molecule has 0 rings (SSSR count). The number of aliphatic hydroxyl groups is 1. The summed E-state index contributed by atoms with van der Waals surface area (Å²) < 4.78 is 16.0. The molecule has 0 saturated carbocycles. The lowest BCUT2D eigenvalue weighted by Crippen LogP contribution is -2.38. The van der Waals surface area contributed by atoms with Crippen LogP contribution in [0.2, 0.25) is 0 Å². The highest BCUT2D eigenvalue weighted by atomic mass is 16.7. The summed E-state index contributed by atoms with van der Waals surface area (Å²) in [5.74, 6) is -0.207.